The molecule has 12 heteroatoms. The second-order valence-electron chi connectivity index (χ2n) is 5.95. The zero-order valence-electron chi connectivity index (χ0n) is 14.9. The Hall–Kier alpha value is -3.15. The summed E-state index contributed by atoms with van der Waals surface area (Å²) in [7, 11) is -5.74. The van der Waals surface area contributed by atoms with Crippen molar-refractivity contribution in [3.8, 4) is 0 Å². The molecule has 0 radical (unpaired) electrons. The van der Waals surface area contributed by atoms with E-state index in [2.05, 4.69) is 10.6 Å². The Labute approximate surface area is 163 Å². The van der Waals surface area contributed by atoms with Gasteiger partial charge in [0.25, 0.3) is 15.5 Å². The van der Waals surface area contributed by atoms with E-state index < -0.39 is 42.8 Å². The van der Waals surface area contributed by atoms with Crippen LogP contribution >= 0.6 is 0 Å². The lowest BCUT2D eigenvalue weighted by Crippen LogP contribution is -2.37. The molecule has 0 aliphatic heterocycles. The maximum absolute atomic E-state index is 12.7. The van der Waals surface area contributed by atoms with E-state index >= 15 is 0 Å². The monoisotopic (exact) mass is 431 g/mol. The topological polar surface area (TPSA) is 118 Å². The molecule has 0 spiro atoms. The first-order valence-electron chi connectivity index (χ1n) is 8.11. The van der Waals surface area contributed by atoms with Gasteiger partial charge in [0.1, 0.15) is 11.7 Å². The molecule has 29 heavy (non-hydrogen) atoms. The number of hydrogen-bond acceptors (Lipinski definition) is 6. The molecule has 2 rings (SSSR count). The third-order valence-electron chi connectivity index (χ3n) is 3.86. The van der Waals surface area contributed by atoms with Crippen LogP contribution in [0.3, 0.4) is 0 Å². The van der Waals surface area contributed by atoms with Crippen molar-refractivity contribution in [1.29, 1.82) is 0 Å². The van der Waals surface area contributed by atoms with Gasteiger partial charge in [-0.15, -0.1) is 0 Å². The highest BCUT2D eigenvalue weighted by Gasteiger charge is 2.47. The Bertz CT molecular complexity index is 1010. The number of alkyl halides is 3. The number of rotatable bonds is 7. The van der Waals surface area contributed by atoms with E-state index in [1.807, 2.05) is 0 Å². The van der Waals surface area contributed by atoms with Crippen molar-refractivity contribution in [3.05, 3.63) is 64.2 Å². The van der Waals surface area contributed by atoms with E-state index in [0.29, 0.717) is 12.1 Å². The van der Waals surface area contributed by atoms with Crippen LogP contribution in [0.25, 0.3) is 0 Å². The molecule has 2 aromatic carbocycles. The number of amides is 1. The lowest BCUT2D eigenvalue weighted by molar-refractivity contribution is -0.384. The average molecular weight is 431 g/mol. The Morgan fingerprint density at radius 1 is 1.17 bits per heavy atom. The normalized spacial score (nSPS) is 12.8. The van der Waals surface area contributed by atoms with Gasteiger partial charge in [-0.25, -0.2) is 8.42 Å². The molecule has 0 aliphatic carbocycles. The minimum absolute atomic E-state index is 0.205. The Morgan fingerprint density at radius 3 is 2.34 bits per heavy atom. The highest BCUT2D eigenvalue weighted by atomic mass is 32.2. The van der Waals surface area contributed by atoms with Crippen LogP contribution in [0.1, 0.15) is 12.5 Å². The average Bonchev–Trinajstić information content (AvgIpc) is 2.65. The lowest BCUT2D eigenvalue weighted by Gasteiger charge is -2.16. The fourth-order valence-electron chi connectivity index (χ4n) is 2.32. The first-order valence-corrected chi connectivity index (χ1v) is 9.60. The number of anilines is 1. The van der Waals surface area contributed by atoms with Crippen molar-refractivity contribution in [2.45, 2.75) is 29.9 Å². The molecule has 0 saturated heterocycles. The van der Waals surface area contributed by atoms with Crippen LogP contribution in [-0.2, 0) is 21.2 Å². The van der Waals surface area contributed by atoms with E-state index in [4.69, 9.17) is 0 Å². The maximum atomic E-state index is 12.7. The first-order chi connectivity index (χ1) is 13.4. The summed E-state index contributed by atoms with van der Waals surface area (Å²) in [6, 6.07) is 9.65. The molecule has 0 fully saturated rings. The number of nitro groups is 1. The summed E-state index contributed by atoms with van der Waals surface area (Å²) in [5.41, 5.74) is -5.97. The molecule has 2 aromatic rings. The predicted molar refractivity (Wildman–Crippen MR) is 97.7 cm³/mol. The van der Waals surface area contributed by atoms with Crippen LogP contribution in [0.4, 0.5) is 24.5 Å². The van der Waals surface area contributed by atoms with Crippen LogP contribution in [0.15, 0.2) is 53.4 Å². The highest BCUT2D eigenvalue weighted by Crippen LogP contribution is 2.34. The molecule has 0 bridgehead atoms. The fourth-order valence-corrected chi connectivity index (χ4v) is 3.10. The minimum atomic E-state index is -5.74. The van der Waals surface area contributed by atoms with Gasteiger partial charge in [0.05, 0.1) is 9.82 Å². The van der Waals surface area contributed by atoms with Gasteiger partial charge in [-0.1, -0.05) is 30.3 Å². The van der Waals surface area contributed by atoms with Crippen LogP contribution in [-0.4, -0.2) is 30.8 Å². The Morgan fingerprint density at radius 2 is 1.79 bits per heavy atom. The Kier molecular flexibility index (Phi) is 6.47. The van der Waals surface area contributed by atoms with Gasteiger partial charge in [0.2, 0.25) is 5.91 Å². The summed E-state index contributed by atoms with van der Waals surface area (Å²) in [6.45, 7) is 1.60. The van der Waals surface area contributed by atoms with Crippen molar-refractivity contribution in [2.75, 3.05) is 5.32 Å². The highest BCUT2D eigenvalue weighted by molar-refractivity contribution is 7.92. The number of nitro benzene ring substituents is 1. The summed E-state index contributed by atoms with van der Waals surface area (Å²) in [4.78, 5) is 21.1. The van der Waals surface area contributed by atoms with Gasteiger partial charge in [-0.2, -0.15) is 13.2 Å². The molecule has 0 aliphatic rings. The van der Waals surface area contributed by atoms with E-state index in [1.165, 1.54) is 6.92 Å². The van der Waals surface area contributed by atoms with Crippen molar-refractivity contribution in [2.24, 2.45) is 0 Å². The molecule has 2 N–H and O–H groups in total. The second kappa shape index (κ2) is 8.47. The summed E-state index contributed by atoms with van der Waals surface area (Å²) < 4.78 is 60.9. The molecule has 0 heterocycles. The van der Waals surface area contributed by atoms with Crippen LogP contribution in [0, 0.1) is 10.1 Å². The molecule has 1 unspecified atom stereocenters. The van der Waals surface area contributed by atoms with Gasteiger partial charge in [-0.3, -0.25) is 14.9 Å². The van der Waals surface area contributed by atoms with Gasteiger partial charge in [-0.05, 0) is 24.6 Å². The number of halogens is 3. The predicted octanol–water partition coefficient (Wildman–Crippen LogP) is 3.01. The van der Waals surface area contributed by atoms with E-state index in [9.17, 15) is 36.5 Å². The summed E-state index contributed by atoms with van der Waals surface area (Å²) in [6.07, 6.45) is 0. The van der Waals surface area contributed by atoms with Crippen molar-refractivity contribution in [3.63, 3.8) is 0 Å². The van der Waals surface area contributed by atoms with Gasteiger partial charge >= 0.3 is 5.51 Å². The molecule has 156 valence electrons. The number of benzene rings is 2. The van der Waals surface area contributed by atoms with Crippen molar-refractivity contribution >= 4 is 27.1 Å². The van der Waals surface area contributed by atoms with E-state index in [0.717, 1.165) is 11.6 Å². The van der Waals surface area contributed by atoms with E-state index in [-0.39, 0.29) is 12.2 Å². The molecular weight excluding hydrogens is 415 g/mol. The number of hydrogen-bond donors (Lipinski definition) is 2. The quantitative estimate of drug-likeness (QED) is 0.514. The van der Waals surface area contributed by atoms with Crippen LogP contribution in [0.2, 0.25) is 0 Å². The summed E-state index contributed by atoms with van der Waals surface area (Å²) in [5.74, 6) is -0.518. The smallest absolute Gasteiger partial charge is 0.368 e. The molecule has 1 atom stereocenters. The largest absolute Gasteiger partial charge is 0.501 e. The Balaban J connectivity index is 2.19. The molecule has 0 saturated carbocycles. The number of carbonyl (C=O) groups is 1. The zero-order chi connectivity index (χ0) is 21.8. The number of sulfone groups is 1. The van der Waals surface area contributed by atoms with Crippen molar-refractivity contribution in [1.82, 2.24) is 5.32 Å². The van der Waals surface area contributed by atoms with Crippen LogP contribution < -0.4 is 10.6 Å². The molecule has 8 nitrogen and oxygen atoms in total. The third kappa shape index (κ3) is 5.22. The summed E-state index contributed by atoms with van der Waals surface area (Å²) >= 11 is 0. The number of carbonyl (C=O) groups excluding carboxylic acids is 1. The second-order valence-corrected chi connectivity index (χ2v) is 7.90. The van der Waals surface area contributed by atoms with Crippen LogP contribution in [0.5, 0.6) is 0 Å². The van der Waals surface area contributed by atoms with Gasteiger partial charge in [0.15, 0.2) is 0 Å². The molecule has 1 amide bonds. The molecular formula is C17H16F3N3O5S. The van der Waals surface area contributed by atoms with E-state index in [1.54, 1.807) is 30.3 Å². The lowest BCUT2D eigenvalue weighted by atomic mass is 10.2. The number of nitrogens with zero attached hydrogens (tertiary/aromatic N) is 1. The van der Waals surface area contributed by atoms with Gasteiger partial charge in [0, 0.05) is 12.6 Å². The summed E-state index contributed by atoms with van der Waals surface area (Å²) in [5, 5.41) is 16.3. The van der Waals surface area contributed by atoms with Crippen molar-refractivity contribution < 1.29 is 31.3 Å². The maximum Gasteiger partial charge on any atom is 0.501 e. The number of nitrogens with one attached hydrogen (secondary N) is 2. The fraction of sp³-hybridized carbons (Fsp3) is 0.235. The molecule has 0 aromatic heterocycles. The minimum Gasteiger partial charge on any atom is -0.368 e. The van der Waals surface area contributed by atoms with Gasteiger partial charge < -0.3 is 10.6 Å². The standard InChI is InChI=1S/C17H16F3N3O5S/c1-11(16(24)21-10-12-5-3-2-4-6-12)22-14-8-7-13(9-15(14)23(25)26)29(27,28)17(18,19)20/h2-9,11,22H,10H2,1H3,(H,21,24). The zero-order valence-corrected chi connectivity index (χ0v) is 15.8. The third-order valence-corrected chi connectivity index (χ3v) is 5.34. The SMILES string of the molecule is CC(Nc1ccc(S(=O)(=O)C(F)(F)F)cc1[N+](=O)[O-])C(=O)NCc1ccccc1. The first kappa shape index (κ1) is 22.1.